The van der Waals surface area contributed by atoms with Crippen LogP contribution in [0.3, 0.4) is 0 Å². The van der Waals surface area contributed by atoms with E-state index in [4.69, 9.17) is 9.47 Å². The molecule has 0 bridgehead atoms. The molecule has 0 atom stereocenters. The van der Waals surface area contributed by atoms with Crippen molar-refractivity contribution >= 4 is 11.9 Å². The molecule has 3 N–H and O–H groups in total. The van der Waals surface area contributed by atoms with Gasteiger partial charge in [0.25, 0.3) is 0 Å². The van der Waals surface area contributed by atoms with Gasteiger partial charge in [0.1, 0.15) is 0 Å². The van der Waals surface area contributed by atoms with E-state index >= 15 is 0 Å². The number of benzene rings is 1. The summed E-state index contributed by atoms with van der Waals surface area (Å²) in [6, 6.07) is 3.20. The first-order valence-corrected chi connectivity index (χ1v) is 9.53. The van der Waals surface area contributed by atoms with Crippen LogP contribution in [0.15, 0.2) is 12.1 Å². The molecule has 3 rings (SSSR count). The zero-order valence-electron chi connectivity index (χ0n) is 15.8. The number of ether oxygens (including phenoxy) is 2. The monoisotopic (exact) mass is 377 g/mol. The fraction of sp³-hybridized carbons (Fsp3) is 0.600. The maximum Gasteiger partial charge on any atom is 0.323 e. The van der Waals surface area contributed by atoms with Gasteiger partial charge in [-0.2, -0.15) is 0 Å². The first kappa shape index (κ1) is 19.5. The topological polar surface area (TPSA) is 105 Å². The molecular formula is C20H27NO6. The van der Waals surface area contributed by atoms with Gasteiger partial charge in [0, 0.05) is 12.1 Å². The van der Waals surface area contributed by atoms with Gasteiger partial charge in [0.15, 0.2) is 16.9 Å². The zero-order valence-corrected chi connectivity index (χ0v) is 15.8. The summed E-state index contributed by atoms with van der Waals surface area (Å²) >= 11 is 0. The van der Waals surface area contributed by atoms with Crippen LogP contribution in [0.1, 0.15) is 50.7 Å². The van der Waals surface area contributed by atoms with Gasteiger partial charge < -0.3 is 25.0 Å². The second kappa shape index (κ2) is 7.38. The van der Waals surface area contributed by atoms with Crippen molar-refractivity contribution in [3.05, 3.63) is 23.3 Å². The number of phenols is 2. The van der Waals surface area contributed by atoms with Gasteiger partial charge >= 0.3 is 11.9 Å². The molecule has 148 valence electrons. The number of carbonyl (C=O) groups excluding carboxylic acids is 2. The summed E-state index contributed by atoms with van der Waals surface area (Å²) in [7, 11) is 0. The van der Waals surface area contributed by atoms with Crippen LogP contribution in [0.4, 0.5) is 0 Å². The summed E-state index contributed by atoms with van der Waals surface area (Å²) in [6.45, 7) is 4.58. The lowest BCUT2D eigenvalue weighted by molar-refractivity contribution is -0.176. The molecule has 1 heterocycles. The summed E-state index contributed by atoms with van der Waals surface area (Å²) in [5, 5.41) is 23.3. The molecule has 0 unspecified atom stereocenters. The summed E-state index contributed by atoms with van der Waals surface area (Å²) < 4.78 is 10.4. The van der Waals surface area contributed by atoms with Crippen LogP contribution in [-0.2, 0) is 31.0 Å². The number of hydrogen-bond donors (Lipinski definition) is 3. The number of phenolic OH excluding ortho intramolecular Hbond substituents is 2. The van der Waals surface area contributed by atoms with E-state index in [1.165, 1.54) is 0 Å². The molecule has 1 spiro atoms. The van der Waals surface area contributed by atoms with Crippen molar-refractivity contribution < 1.29 is 29.3 Å². The number of carbonyl (C=O) groups is 2. The lowest BCUT2D eigenvalue weighted by Crippen LogP contribution is -2.54. The van der Waals surface area contributed by atoms with Gasteiger partial charge in [-0.25, -0.2) is 0 Å². The second-order valence-electron chi connectivity index (χ2n) is 7.28. The smallest absolute Gasteiger partial charge is 0.323 e. The van der Waals surface area contributed by atoms with Crippen molar-refractivity contribution in [2.75, 3.05) is 19.8 Å². The number of hydrogen-bond acceptors (Lipinski definition) is 7. The van der Waals surface area contributed by atoms with E-state index < -0.39 is 22.9 Å². The molecule has 1 aliphatic carbocycles. The normalized spacial score (nSPS) is 19.9. The number of nitrogens with one attached hydrogen (secondary N) is 1. The Kier molecular flexibility index (Phi) is 5.33. The Hall–Kier alpha value is -2.28. The van der Waals surface area contributed by atoms with Crippen LogP contribution in [0, 0.1) is 5.41 Å². The van der Waals surface area contributed by atoms with Crippen LogP contribution in [0.25, 0.3) is 0 Å². The SMILES string of the molecule is CCOC(=O)C1(C(=O)OCC)CCC2(CC1)NCCc1cc(O)c(O)cc12. The van der Waals surface area contributed by atoms with E-state index in [0.29, 0.717) is 25.7 Å². The maximum atomic E-state index is 12.6. The van der Waals surface area contributed by atoms with Crippen molar-refractivity contribution in [1.29, 1.82) is 0 Å². The molecule has 0 aromatic heterocycles. The van der Waals surface area contributed by atoms with Crippen molar-refractivity contribution in [1.82, 2.24) is 5.32 Å². The van der Waals surface area contributed by atoms with E-state index in [0.717, 1.165) is 24.1 Å². The number of rotatable bonds is 4. The fourth-order valence-corrected chi connectivity index (χ4v) is 4.38. The third kappa shape index (κ3) is 3.25. The van der Waals surface area contributed by atoms with E-state index in [1.54, 1.807) is 26.0 Å². The standard InChI is InChI=1S/C20H27NO6/c1-3-26-17(24)19(18(25)27-4-2)6-8-20(9-7-19)14-12-16(23)15(22)11-13(14)5-10-21-20/h11-12,21-23H,3-10H2,1-2H3. The van der Waals surface area contributed by atoms with Gasteiger partial charge in [-0.15, -0.1) is 0 Å². The predicted molar refractivity (Wildman–Crippen MR) is 97.3 cm³/mol. The first-order chi connectivity index (χ1) is 12.9. The summed E-state index contributed by atoms with van der Waals surface area (Å²) in [4.78, 5) is 25.3. The highest BCUT2D eigenvalue weighted by atomic mass is 16.6. The quantitative estimate of drug-likeness (QED) is 0.419. The van der Waals surface area contributed by atoms with Crippen molar-refractivity contribution in [3.8, 4) is 11.5 Å². The van der Waals surface area contributed by atoms with E-state index in [-0.39, 0.29) is 24.7 Å². The van der Waals surface area contributed by atoms with E-state index in [2.05, 4.69) is 5.32 Å². The third-order valence-corrected chi connectivity index (χ3v) is 5.86. The van der Waals surface area contributed by atoms with Crippen LogP contribution in [0.5, 0.6) is 11.5 Å². The Labute approximate surface area is 158 Å². The molecular weight excluding hydrogens is 350 g/mol. The molecule has 2 aliphatic rings. The summed E-state index contributed by atoms with van der Waals surface area (Å²) in [5.74, 6) is -1.34. The molecule has 7 heteroatoms. The molecule has 0 saturated heterocycles. The van der Waals surface area contributed by atoms with Crippen LogP contribution < -0.4 is 5.32 Å². The molecule has 0 radical (unpaired) electrons. The van der Waals surface area contributed by atoms with Crippen LogP contribution >= 0.6 is 0 Å². The van der Waals surface area contributed by atoms with Crippen molar-refractivity contribution in [3.63, 3.8) is 0 Å². The number of aromatic hydroxyl groups is 2. The molecule has 1 saturated carbocycles. The Bertz CT molecular complexity index is 716. The minimum Gasteiger partial charge on any atom is -0.504 e. The largest absolute Gasteiger partial charge is 0.504 e. The zero-order chi connectivity index (χ0) is 19.7. The molecule has 1 fully saturated rings. The summed E-state index contributed by atoms with van der Waals surface area (Å²) in [6.07, 6.45) is 2.41. The molecule has 7 nitrogen and oxygen atoms in total. The van der Waals surface area contributed by atoms with Gasteiger partial charge in [-0.05, 0) is 69.2 Å². The molecule has 1 aliphatic heterocycles. The number of esters is 2. The minimum atomic E-state index is -1.28. The van der Waals surface area contributed by atoms with Gasteiger partial charge in [-0.1, -0.05) is 0 Å². The highest BCUT2D eigenvalue weighted by molar-refractivity contribution is 6.00. The van der Waals surface area contributed by atoms with Crippen molar-refractivity contribution in [2.24, 2.45) is 5.41 Å². The van der Waals surface area contributed by atoms with E-state index in [1.807, 2.05) is 0 Å². The Morgan fingerprint density at radius 2 is 1.56 bits per heavy atom. The molecule has 0 amide bonds. The van der Waals surface area contributed by atoms with E-state index in [9.17, 15) is 19.8 Å². The summed E-state index contributed by atoms with van der Waals surface area (Å²) in [5.41, 5.74) is 0.172. The average Bonchev–Trinajstić information content (AvgIpc) is 2.65. The Morgan fingerprint density at radius 3 is 2.11 bits per heavy atom. The van der Waals surface area contributed by atoms with Crippen LogP contribution in [-0.4, -0.2) is 41.9 Å². The minimum absolute atomic E-state index is 0.131. The maximum absolute atomic E-state index is 12.6. The third-order valence-electron chi connectivity index (χ3n) is 5.86. The lowest BCUT2D eigenvalue weighted by Gasteiger charge is -2.47. The van der Waals surface area contributed by atoms with Gasteiger partial charge in [0.05, 0.1) is 13.2 Å². The fourth-order valence-electron chi connectivity index (χ4n) is 4.38. The number of fused-ring (bicyclic) bond motifs is 2. The second-order valence-corrected chi connectivity index (χ2v) is 7.28. The van der Waals surface area contributed by atoms with Crippen LogP contribution in [0.2, 0.25) is 0 Å². The molecule has 27 heavy (non-hydrogen) atoms. The highest BCUT2D eigenvalue weighted by Gasteiger charge is 2.55. The first-order valence-electron chi connectivity index (χ1n) is 9.53. The van der Waals surface area contributed by atoms with Crippen molar-refractivity contribution in [2.45, 2.75) is 51.5 Å². The Morgan fingerprint density at radius 1 is 1.00 bits per heavy atom. The van der Waals surface area contributed by atoms with Gasteiger partial charge in [-0.3, -0.25) is 9.59 Å². The molecule has 1 aromatic rings. The molecule has 1 aromatic carbocycles. The van der Waals surface area contributed by atoms with Gasteiger partial charge in [0.2, 0.25) is 0 Å². The average molecular weight is 377 g/mol. The predicted octanol–water partition coefficient (Wildman–Crippen LogP) is 2.13. The Balaban J connectivity index is 1.92. The highest BCUT2D eigenvalue weighted by Crippen LogP contribution is 2.50. The lowest BCUT2D eigenvalue weighted by atomic mass is 9.63.